The van der Waals surface area contributed by atoms with Crippen molar-refractivity contribution in [3.8, 4) is 5.75 Å². The average Bonchev–Trinajstić information content (AvgIpc) is 2.22. The molecule has 3 nitrogen and oxygen atoms in total. The molecule has 0 amide bonds. The zero-order valence-corrected chi connectivity index (χ0v) is 9.36. The molecule has 3 heteroatoms. The van der Waals surface area contributed by atoms with E-state index in [1.165, 1.54) is 0 Å². The molecule has 1 aromatic heterocycles. The minimum absolute atomic E-state index is 0.132. The molecule has 0 bridgehead atoms. The molecular formula is C12H18N2O. The van der Waals surface area contributed by atoms with Crippen LogP contribution in [0.15, 0.2) is 31.0 Å². The second-order valence-corrected chi connectivity index (χ2v) is 3.46. The number of nitrogens with zero attached hydrogens (tertiary/aromatic N) is 1. The van der Waals surface area contributed by atoms with Crippen LogP contribution in [0, 0.1) is 6.92 Å². The van der Waals surface area contributed by atoms with Crippen molar-refractivity contribution in [3.63, 3.8) is 0 Å². The molecule has 0 aromatic carbocycles. The fourth-order valence-corrected chi connectivity index (χ4v) is 1.24. The quantitative estimate of drug-likeness (QED) is 0.570. The lowest BCUT2D eigenvalue weighted by molar-refractivity contribution is 0.216. The monoisotopic (exact) mass is 206 g/mol. The van der Waals surface area contributed by atoms with E-state index in [-0.39, 0.29) is 6.10 Å². The van der Waals surface area contributed by atoms with Gasteiger partial charge < -0.3 is 10.1 Å². The number of hydrogen-bond donors (Lipinski definition) is 1. The average molecular weight is 206 g/mol. The molecule has 1 N–H and O–H groups in total. The molecule has 0 spiro atoms. The molecular weight excluding hydrogens is 188 g/mol. The first kappa shape index (κ1) is 11.7. The van der Waals surface area contributed by atoms with Gasteiger partial charge in [-0.2, -0.15) is 0 Å². The number of rotatable bonds is 6. The molecule has 1 heterocycles. The summed E-state index contributed by atoms with van der Waals surface area (Å²) in [5.74, 6) is 0.852. The fraction of sp³-hybridized carbons (Fsp3) is 0.417. The molecule has 0 fully saturated rings. The van der Waals surface area contributed by atoms with Gasteiger partial charge in [0.25, 0.3) is 0 Å². The molecule has 1 rings (SSSR count). The summed E-state index contributed by atoms with van der Waals surface area (Å²) in [7, 11) is 0. The van der Waals surface area contributed by atoms with Gasteiger partial charge >= 0.3 is 0 Å². The smallest absolute Gasteiger partial charge is 0.140 e. The Balaban J connectivity index is 2.40. The van der Waals surface area contributed by atoms with Crippen LogP contribution in [-0.4, -0.2) is 24.2 Å². The lowest BCUT2D eigenvalue weighted by Crippen LogP contribution is -2.29. The lowest BCUT2D eigenvalue weighted by Gasteiger charge is -2.15. The number of aryl methyl sites for hydroxylation is 1. The van der Waals surface area contributed by atoms with Crippen LogP contribution in [-0.2, 0) is 0 Å². The second-order valence-electron chi connectivity index (χ2n) is 3.46. The van der Waals surface area contributed by atoms with Crippen LogP contribution in [0.4, 0.5) is 0 Å². The van der Waals surface area contributed by atoms with Crippen molar-refractivity contribution in [2.24, 2.45) is 0 Å². The van der Waals surface area contributed by atoms with Gasteiger partial charge in [-0.15, -0.1) is 6.58 Å². The van der Waals surface area contributed by atoms with Gasteiger partial charge in [0.05, 0.1) is 5.69 Å². The van der Waals surface area contributed by atoms with Crippen LogP contribution in [0.5, 0.6) is 5.75 Å². The van der Waals surface area contributed by atoms with Gasteiger partial charge in [-0.1, -0.05) is 6.08 Å². The third-order valence-corrected chi connectivity index (χ3v) is 2.01. The number of ether oxygens (including phenoxy) is 1. The third-order valence-electron chi connectivity index (χ3n) is 2.01. The summed E-state index contributed by atoms with van der Waals surface area (Å²) in [4.78, 5) is 4.17. The molecule has 0 aliphatic rings. The fourth-order valence-electron chi connectivity index (χ4n) is 1.24. The molecule has 0 saturated carbocycles. The van der Waals surface area contributed by atoms with Crippen molar-refractivity contribution in [2.75, 3.05) is 13.1 Å². The summed E-state index contributed by atoms with van der Waals surface area (Å²) in [6, 6.07) is 3.82. The Hall–Kier alpha value is -1.35. The Bertz CT molecular complexity index is 312. The predicted octanol–water partition coefficient (Wildman–Crippen LogP) is 1.93. The van der Waals surface area contributed by atoms with Crippen molar-refractivity contribution in [2.45, 2.75) is 20.0 Å². The van der Waals surface area contributed by atoms with Gasteiger partial charge in [0.15, 0.2) is 0 Å². The summed E-state index contributed by atoms with van der Waals surface area (Å²) in [6.07, 6.45) is 3.73. The minimum Gasteiger partial charge on any atom is -0.487 e. The summed E-state index contributed by atoms with van der Waals surface area (Å²) in [5.41, 5.74) is 0.924. The largest absolute Gasteiger partial charge is 0.487 e. The van der Waals surface area contributed by atoms with Gasteiger partial charge in [0, 0.05) is 19.3 Å². The van der Waals surface area contributed by atoms with Crippen LogP contribution < -0.4 is 10.1 Å². The molecule has 1 atom stereocenters. The van der Waals surface area contributed by atoms with Gasteiger partial charge in [-0.3, -0.25) is 4.98 Å². The van der Waals surface area contributed by atoms with Gasteiger partial charge in [0.2, 0.25) is 0 Å². The minimum atomic E-state index is 0.132. The molecule has 0 radical (unpaired) electrons. The predicted molar refractivity (Wildman–Crippen MR) is 62.1 cm³/mol. The Morgan fingerprint density at radius 2 is 2.47 bits per heavy atom. The summed E-state index contributed by atoms with van der Waals surface area (Å²) < 4.78 is 5.73. The van der Waals surface area contributed by atoms with E-state index in [0.29, 0.717) is 0 Å². The van der Waals surface area contributed by atoms with Gasteiger partial charge in [-0.25, -0.2) is 0 Å². The second kappa shape index (κ2) is 6.19. The summed E-state index contributed by atoms with van der Waals surface area (Å²) >= 11 is 0. The van der Waals surface area contributed by atoms with Crippen LogP contribution in [0.2, 0.25) is 0 Å². The molecule has 82 valence electrons. The zero-order valence-electron chi connectivity index (χ0n) is 9.36. The lowest BCUT2D eigenvalue weighted by atomic mass is 10.3. The third kappa shape index (κ3) is 4.13. The van der Waals surface area contributed by atoms with Crippen LogP contribution in [0.3, 0.4) is 0 Å². The molecule has 1 aromatic rings. The molecule has 1 unspecified atom stereocenters. The van der Waals surface area contributed by atoms with E-state index in [2.05, 4.69) is 16.9 Å². The Kier molecular flexibility index (Phi) is 4.84. The zero-order chi connectivity index (χ0) is 11.1. The van der Waals surface area contributed by atoms with E-state index in [0.717, 1.165) is 24.5 Å². The Labute approximate surface area is 91.2 Å². The van der Waals surface area contributed by atoms with E-state index >= 15 is 0 Å². The van der Waals surface area contributed by atoms with Crippen LogP contribution >= 0.6 is 0 Å². The van der Waals surface area contributed by atoms with E-state index in [1.54, 1.807) is 6.20 Å². The number of pyridine rings is 1. The highest BCUT2D eigenvalue weighted by molar-refractivity contribution is 5.25. The SMILES string of the molecule is C=CCNCC(C)Oc1cccnc1C. The van der Waals surface area contributed by atoms with E-state index in [1.807, 2.05) is 32.1 Å². The van der Waals surface area contributed by atoms with E-state index in [9.17, 15) is 0 Å². The standard InChI is InChI=1S/C12H18N2O/c1-4-7-13-9-10(2)15-12-6-5-8-14-11(12)3/h4-6,8,10,13H,1,7,9H2,2-3H3. The molecule has 0 saturated heterocycles. The highest BCUT2D eigenvalue weighted by atomic mass is 16.5. The number of aromatic nitrogens is 1. The van der Waals surface area contributed by atoms with Gasteiger partial charge in [0.1, 0.15) is 11.9 Å². The van der Waals surface area contributed by atoms with E-state index in [4.69, 9.17) is 4.74 Å². The molecule has 15 heavy (non-hydrogen) atoms. The number of hydrogen-bond acceptors (Lipinski definition) is 3. The maximum atomic E-state index is 5.73. The Morgan fingerprint density at radius 1 is 1.67 bits per heavy atom. The van der Waals surface area contributed by atoms with Crippen LogP contribution in [0.1, 0.15) is 12.6 Å². The van der Waals surface area contributed by atoms with E-state index < -0.39 is 0 Å². The van der Waals surface area contributed by atoms with Gasteiger partial charge in [-0.05, 0) is 26.0 Å². The van der Waals surface area contributed by atoms with Crippen LogP contribution in [0.25, 0.3) is 0 Å². The Morgan fingerprint density at radius 3 is 3.13 bits per heavy atom. The molecule has 0 aliphatic carbocycles. The maximum Gasteiger partial charge on any atom is 0.140 e. The summed E-state index contributed by atoms with van der Waals surface area (Å²) in [5, 5.41) is 3.21. The van der Waals surface area contributed by atoms with Crippen molar-refractivity contribution >= 4 is 0 Å². The highest BCUT2D eigenvalue weighted by Gasteiger charge is 2.05. The number of nitrogens with one attached hydrogen (secondary N) is 1. The normalized spacial score (nSPS) is 12.1. The first-order valence-electron chi connectivity index (χ1n) is 5.14. The maximum absolute atomic E-state index is 5.73. The molecule has 0 aliphatic heterocycles. The van der Waals surface area contributed by atoms with Crippen molar-refractivity contribution < 1.29 is 4.74 Å². The van der Waals surface area contributed by atoms with Crippen molar-refractivity contribution in [3.05, 3.63) is 36.7 Å². The first-order chi connectivity index (χ1) is 7.24. The highest BCUT2D eigenvalue weighted by Crippen LogP contribution is 2.14. The van der Waals surface area contributed by atoms with Crippen molar-refractivity contribution in [1.82, 2.24) is 10.3 Å². The summed E-state index contributed by atoms with van der Waals surface area (Å²) in [6.45, 7) is 9.23. The first-order valence-corrected chi connectivity index (χ1v) is 5.14. The van der Waals surface area contributed by atoms with Crippen molar-refractivity contribution in [1.29, 1.82) is 0 Å². The topological polar surface area (TPSA) is 34.1 Å².